The first-order chi connectivity index (χ1) is 5.77. The highest BCUT2D eigenvalue weighted by Gasteiger charge is 1.70. The quantitative estimate of drug-likeness (QED) is 0.512. The molecule has 0 heterocycles. The maximum atomic E-state index is 3.90. The molecule has 0 radical (unpaired) electrons. The summed E-state index contributed by atoms with van der Waals surface area (Å²) in [6.45, 7) is 5.53. The topological polar surface area (TPSA) is 12.4 Å². The smallest absolute Gasteiger partial charge is 0.0263 e. The number of halogens is 1. The van der Waals surface area contributed by atoms with Crippen molar-refractivity contribution >= 4 is 22.1 Å². The molecule has 0 aromatic carbocycles. The molecule has 0 unspecified atom stereocenters. The SMILES string of the molecule is C=C(Br)/C=C/C=C\C=C\N=CC. The number of aliphatic imine (C=N–C) groups is 1. The Hall–Kier alpha value is -0.890. The minimum Gasteiger partial charge on any atom is -0.269 e. The lowest BCUT2D eigenvalue weighted by molar-refractivity contribution is 1.57. The second kappa shape index (κ2) is 8.21. The predicted octanol–water partition coefficient (Wildman–Crippen LogP) is 3.61. The molecule has 64 valence electrons. The molecule has 0 fully saturated rings. The van der Waals surface area contributed by atoms with Gasteiger partial charge in [0.05, 0.1) is 0 Å². The van der Waals surface area contributed by atoms with Crippen molar-refractivity contribution in [1.29, 1.82) is 0 Å². The summed E-state index contributed by atoms with van der Waals surface area (Å²) in [6, 6.07) is 0. The summed E-state index contributed by atoms with van der Waals surface area (Å²) in [5.41, 5.74) is 0. The lowest BCUT2D eigenvalue weighted by atomic mass is 10.4. The summed E-state index contributed by atoms with van der Waals surface area (Å²) < 4.78 is 0.864. The Morgan fingerprint density at radius 2 is 1.92 bits per heavy atom. The van der Waals surface area contributed by atoms with Crippen LogP contribution in [0, 0.1) is 0 Å². The third-order valence-corrected chi connectivity index (χ3v) is 1.20. The van der Waals surface area contributed by atoms with Gasteiger partial charge < -0.3 is 0 Å². The van der Waals surface area contributed by atoms with Crippen LogP contribution in [0.15, 0.2) is 52.6 Å². The molecule has 0 N–H and O–H groups in total. The summed E-state index contributed by atoms with van der Waals surface area (Å²) in [7, 11) is 0. The van der Waals surface area contributed by atoms with Crippen LogP contribution in [0.1, 0.15) is 6.92 Å². The van der Waals surface area contributed by atoms with Crippen molar-refractivity contribution in [3.8, 4) is 0 Å². The van der Waals surface area contributed by atoms with E-state index in [1.807, 2.05) is 37.3 Å². The third-order valence-electron chi connectivity index (χ3n) is 0.932. The predicted molar refractivity (Wildman–Crippen MR) is 59.7 cm³/mol. The Labute approximate surface area is 82.0 Å². The average Bonchev–Trinajstić information content (AvgIpc) is 2.02. The van der Waals surface area contributed by atoms with E-state index in [-0.39, 0.29) is 0 Å². The summed E-state index contributed by atoms with van der Waals surface area (Å²) in [5.74, 6) is 0. The van der Waals surface area contributed by atoms with Crippen LogP contribution >= 0.6 is 15.9 Å². The highest BCUT2D eigenvalue weighted by Crippen LogP contribution is 2.01. The second-order valence-corrected chi connectivity index (χ2v) is 2.96. The van der Waals surface area contributed by atoms with E-state index in [2.05, 4.69) is 27.5 Å². The fraction of sp³-hybridized carbons (Fsp3) is 0.100. The number of hydrogen-bond acceptors (Lipinski definition) is 1. The van der Waals surface area contributed by atoms with E-state index in [4.69, 9.17) is 0 Å². The van der Waals surface area contributed by atoms with Crippen molar-refractivity contribution in [1.82, 2.24) is 0 Å². The number of allylic oxidation sites excluding steroid dienone is 6. The Morgan fingerprint density at radius 3 is 2.50 bits per heavy atom. The molecular weight excluding hydrogens is 214 g/mol. The Morgan fingerprint density at radius 1 is 1.25 bits per heavy atom. The average molecular weight is 226 g/mol. The van der Waals surface area contributed by atoms with Gasteiger partial charge in [0.2, 0.25) is 0 Å². The van der Waals surface area contributed by atoms with Crippen LogP contribution in [-0.2, 0) is 0 Å². The van der Waals surface area contributed by atoms with Crippen molar-refractivity contribution in [3.05, 3.63) is 47.6 Å². The zero-order chi connectivity index (χ0) is 9.23. The third kappa shape index (κ3) is 9.11. The molecule has 0 bridgehead atoms. The first-order valence-electron chi connectivity index (χ1n) is 3.59. The monoisotopic (exact) mass is 225 g/mol. The van der Waals surface area contributed by atoms with Gasteiger partial charge in [0.1, 0.15) is 0 Å². The first kappa shape index (κ1) is 11.1. The maximum Gasteiger partial charge on any atom is 0.0263 e. The molecule has 0 aliphatic heterocycles. The van der Waals surface area contributed by atoms with Gasteiger partial charge in [0.15, 0.2) is 0 Å². The summed E-state index contributed by atoms with van der Waals surface area (Å²) >= 11 is 3.21. The minimum absolute atomic E-state index is 0.864. The molecule has 0 aromatic rings. The van der Waals surface area contributed by atoms with Crippen molar-refractivity contribution in [2.75, 3.05) is 0 Å². The lowest BCUT2D eigenvalue weighted by Crippen LogP contribution is -1.55. The van der Waals surface area contributed by atoms with Gasteiger partial charge in [-0.3, -0.25) is 4.99 Å². The zero-order valence-corrected chi connectivity index (χ0v) is 8.66. The van der Waals surface area contributed by atoms with Crippen molar-refractivity contribution in [2.24, 2.45) is 4.99 Å². The van der Waals surface area contributed by atoms with Gasteiger partial charge in [-0.1, -0.05) is 40.7 Å². The van der Waals surface area contributed by atoms with E-state index < -0.39 is 0 Å². The fourth-order valence-corrected chi connectivity index (χ4v) is 0.626. The van der Waals surface area contributed by atoms with Crippen LogP contribution in [0.2, 0.25) is 0 Å². The summed E-state index contributed by atoms with van der Waals surface area (Å²) in [6.07, 6.45) is 12.9. The Bertz CT molecular complexity index is 234. The van der Waals surface area contributed by atoms with Gasteiger partial charge in [-0.2, -0.15) is 0 Å². The largest absolute Gasteiger partial charge is 0.269 e. The van der Waals surface area contributed by atoms with Crippen LogP contribution in [-0.4, -0.2) is 6.21 Å². The van der Waals surface area contributed by atoms with Crippen LogP contribution < -0.4 is 0 Å². The molecule has 0 aromatic heterocycles. The number of rotatable bonds is 4. The Kier molecular flexibility index (Phi) is 7.60. The highest BCUT2D eigenvalue weighted by molar-refractivity contribution is 9.11. The molecule has 1 nitrogen and oxygen atoms in total. The molecule has 0 rings (SSSR count). The number of nitrogens with zero attached hydrogens (tertiary/aromatic N) is 1. The molecule has 0 saturated heterocycles. The normalized spacial score (nSPS) is 12.8. The van der Waals surface area contributed by atoms with Crippen LogP contribution in [0.5, 0.6) is 0 Å². The molecule has 0 amide bonds. The van der Waals surface area contributed by atoms with Crippen molar-refractivity contribution < 1.29 is 0 Å². The van der Waals surface area contributed by atoms with Gasteiger partial charge in [-0.15, -0.1) is 0 Å². The molecule has 0 atom stereocenters. The standard InChI is InChI=1S/C10H12BrN/c1-3-12-9-7-5-4-6-8-10(2)11/h3-9H,2H2,1H3/b5-4-,8-6+,9-7+,12-3?. The second-order valence-electron chi connectivity index (χ2n) is 1.94. The van der Waals surface area contributed by atoms with Gasteiger partial charge in [-0.25, -0.2) is 0 Å². The van der Waals surface area contributed by atoms with Gasteiger partial charge in [-0.05, 0) is 19.1 Å². The molecule has 0 spiro atoms. The van der Waals surface area contributed by atoms with Crippen molar-refractivity contribution in [3.63, 3.8) is 0 Å². The Balaban J connectivity index is 3.70. The molecule has 2 heteroatoms. The molecule has 0 saturated carbocycles. The summed E-state index contributed by atoms with van der Waals surface area (Å²) in [5, 5.41) is 0. The van der Waals surface area contributed by atoms with Crippen LogP contribution in [0.4, 0.5) is 0 Å². The highest BCUT2D eigenvalue weighted by atomic mass is 79.9. The van der Waals surface area contributed by atoms with E-state index in [1.165, 1.54) is 0 Å². The maximum absolute atomic E-state index is 3.90. The van der Waals surface area contributed by atoms with Crippen LogP contribution in [0.25, 0.3) is 0 Å². The fourth-order valence-electron chi connectivity index (χ4n) is 0.474. The van der Waals surface area contributed by atoms with E-state index >= 15 is 0 Å². The van der Waals surface area contributed by atoms with E-state index in [1.54, 1.807) is 12.4 Å². The molecule has 0 aliphatic carbocycles. The van der Waals surface area contributed by atoms with E-state index in [0.29, 0.717) is 0 Å². The van der Waals surface area contributed by atoms with E-state index in [0.717, 1.165) is 4.48 Å². The molecule has 0 aliphatic rings. The van der Waals surface area contributed by atoms with Gasteiger partial charge >= 0.3 is 0 Å². The lowest BCUT2D eigenvalue weighted by Gasteiger charge is -1.77. The van der Waals surface area contributed by atoms with Gasteiger partial charge in [0.25, 0.3) is 0 Å². The van der Waals surface area contributed by atoms with Crippen LogP contribution in [0.3, 0.4) is 0 Å². The number of hydrogen-bond donors (Lipinski definition) is 0. The molecule has 12 heavy (non-hydrogen) atoms. The van der Waals surface area contributed by atoms with Crippen molar-refractivity contribution in [2.45, 2.75) is 6.92 Å². The van der Waals surface area contributed by atoms with Gasteiger partial charge in [0, 0.05) is 16.9 Å². The minimum atomic E-state index is 0.864. The summed E-state index contributed by atoms with van der Waals surface area (Å²) in [4.78, 5) is 3.90. The first-order valence-corrected chi connectivity index (χ1v) is 4.38. The molecular formula is C10H12BrN. The van der Waals surface area contributed by atoms with E-state index in [9.17, 15) is 0 Å². The zero-order valence-electron chi connectivity index (χ0n) is 7.07.